The second kappa shape index (κ2) is 6.55. The molecular formula is C15H12F3NO4. The Morgan fingerprint density at radius 1 is 1.17 bits per heavy atom. The number of pyridine rings is 1. The molecule has 0 aliphatic heterocycles. The Morgan fingerprint density at radius 2 is 1.83 bits per heavy atom. The van der Waals surface area contributed by atoms with E-state index < -0.39 is 12.3 Å². The molecule has 122 valence electrons. The number of halogens is 3. The third kappa shape index (κ3) is 4.60. The molecule has 0 fully saturated rings. The van der Waals surface area contributed by atoms with E-state index in [0.29, 0.717) is 11.1 Å². The first kappa shape index (κ1) is 16.6. The van der Waals surface area contributed by atoms with Gasteiger partial charge in [-0.15, -0.1) is 13.2 Å². The number of hydrogen-bond acceptors (Lipinski definition) is 4. The second-order valence-corrected chi connectivity index (χ2v) is 4.49. The molecule has 8 heteroatoms. The molecule has 0 amide bonds. The number of hydrogen-bond donors (Lipinski definition) is 1. The summed E-state index contributed by atoms with van der Waals surface area (Å²) < 4.78 is 45.2. The van der Waals surface area contributed by atoms with Crippen molar-refractivity contribution >= 4 is 5.97 Å². The van der Waals surface area contributed by atoms with E-state index in [1.54, 1.807) is 12.1 Å². The average molecular weight is 327 g/mol. The molecular weight excluding hydrogens is 315 g/mol. The van der Waals surface area contributed by atoms with Gasteiger partial charge in [-0.25, -0.2) is 4.98 Å². The molecule has 0 atom stereocenters. The molecule has 23 heavy (non-hydrogen) atoms. The Bertz CT molecular complexity index is 699. The Morgan fingerprint density at radius 3 is 2.35 bits per heavy atom. The highest BCUT2D eigenvalue weighted by atomic mass is 19.4. The molecule has 1 aromatic heterocycles. The number of carbonyl (C=O) groups is 1. The number of benzene rings is 1. The van der Waals surface area contributed by atoms with Crippen LogP contribution in [0.2, 0.25) is 0 Å². The first-order chi connectivity index (χ1) is 10.8. The van der Waals surface area contributed by atoms with Crippen molar-refractivity contribution in [2.75, 3.05) is 7.11 Å². The number of carboxylic acids is 1. The van der Waals surface area contributed by atoms with Crippen LogP contribution in [0, 0.1) is 0 Å². The number of aliphatic carboxylic acids is 1. The van der Waals surface area contributed by atoms with E-state index >= 15 is 0 Å². The Hall–Kier alpha value is -2.77. The molecule has 2 rings (SSSR count). The van der Waals surface area contributed by atoms with Crippen LogP contribution in [0.3, 0.4) is 0 Å². The van der Waals surface area contributed by atoms with E-state index in [2.05, 4.69) is 9.72 Å². The second-order valence-electron chi connectivity index (χ2n) is 4.49. The van der Waals surface area contributed by atoms with Crippen molar-refractivity contribution in [2.24, 2.45) is 0 Å². The smallest absolute Gasteiger partial charge is 0.481 e. The maximum atomic E-state index is 12.1. The SMILES string of the molecule is COc1ccc(-c2ccc(OC(F)(F)F)cc2)c(CC(=O)O)n1. The maximum absolute atomic E-state index is 12.1. The molecule has 0 saturated carbocycles. The monoisotopic (exact) mass is 327 g/mol. The minimum atomic E-state index is -4.77. The van der Waals surface area contributed by atoms with E-state index in [9.17, 15) is 18.0 Å². The highest BCUT2D eigenvalue weighted by Gasteiger charge is 2.31. The summed E-state index contributed by atoms with van der Waals surface area (Å²) in [6, 6.07) is 8.24. The molecule has 1 heterocycles. The lowest BCUT2D eigenvalue weighted by molar-refractivity contribution is -0.274. The van der Waals surface area contributed by atoms with Gasteiger partial charge in [0.2, 0.25) is 5.88 Å². The summed E-state index contributed by atoms with van der Waals surface area (Å²) in [5, 5.41) is 8.95. The summed E-state index contributed by atoms with van der Waals surface area (Å²) in [4.78, 5) is 15.0. The maximum Gasteiger partial charge on any atom is 0.573 e. The van der Waals surface area contributed by atoms with Gasteiger partial charge in [0.05, 0.1) is 19.2 Å². The quantitative estimate of drug-likeness (QED) is 0.913. The average Bonchev–Trinajstić information content (AvgIpc) is 2.46. The van der Waals surface area contributed by atoms with Gasteiger partial charge < -0.3 is 14.6 Å². The number of methoxy groups -OCH3 is 1. The minimum absolute atomic E-state index is 0.251. The number of nitrogens with zero attached hydrogens (tertiary/aromatic N) is 1. The molecule has 1 aromatic carbocycles. The predicted octanol–water partition coefficient (Wildman–Crippen LogP) is 3.28. The van der Waals surface area contributed by atoms with Gasteiger partial charge in [-0.2, -0.15) is 0 Å². The van der Waals surface area contributed by atoms with Crippen LogP contribution in [-0.2, 0) is 11.2 Å². The summed E-state index contributed by atoms with van der Waals surface area (Å²) in [6.07, 6.45) is -5.11. The standard InChI is InChI=1S/C15H12F3NO4/c1-22-13-7-6-11(12(19-13)8-14(20)21)9-2-4-10(5-3-9)23-15(16,17)18/h2-7H,8H2,1H3,(H,20,21). The van der Waals surface area contributed by atoms with Crippen LogP contribution < -0.4 is 9.47 Å². The molecule has 0 aliphatic rings. The van der Waals surface area contributed by atoms with Gasteiger partial charge in [-0.05, 0) is 23.8 Å². The Labute approximate surface area is 129 Å². The van der Waals surface area contributed by atoms with Crippen molar-refractivity contribution in [1.82, 2.24) is 4.98 Å². The van der Waals surface area contributed by atoms with Crippen molar-refractivity contribution in [3.8, 4) is 22.8 Å². The highest BCUT2D eigenvalue weighted by molar-refractivity contribution is 5.75. The van der Waals surface area contributed by atoms with Gasteiger partial charge in [0.1, 0.15) is 5.75 Å². The summed E-state index contributed by atoms with van der Waals surface area (Å²) in [6.45, 7) is 0. The van der Waals surface area contributed by atoms with Crippen LogP contribution in [0.25, 0.3) is 11.1 Å². The molecule has 2 aromatic rings. The first-order valence-corrected chi connectivity index (χ1v) is 6.40. The largest absolute Gasteiger partial charge is 0.573 e. The zero-order chi connectivity index (χ0) is 17.0. The fraction of sp³-hybridized carbons (Fsp3) is 0.200. The minimum Gasteiger partial charge on any atom is -0.481 e. The number of ether oxygens (including phenoxy) is 2. The van der Waals surface area contributed by atoms with Crippen LogP contribution in [0.5, 0.6) is 11.6 Å². The van der Waals surface area contributed by atoms with Crippen LogP contribution >= 0.6 is 0 Å². The first-order valence-electron chi connectivity index (χ1n) is 6.40. The number of aromatic nitrogens is 1. The zero-order valence-corrected chi connectivity index (χ0v) is 11.9. The van der Waals surface area contributed by atoms with Crippen molar-refractivity contribution in [3.63, 3.8) is 0 Å². The molecule has 0 saturated heterocycles. The molecule has 0 bridgehead atoms. The molecule has 0 aliphatic carbocycles. The summed E-state index contributed by atoms with van der Waals surface area (Å²) in [7, 11) is 1.40. The predicted molar refractivity (Wildman–Crippen MR) is 74.2 cm³/mol. The number of alkyl halides is 3. The number of rotatable bonds is 5. The molecule has 0 spiro atoms. The fourth-order valence-corrected chi connectivity index (χ4v) is 1.97. The van der Waals surface area contributed by atoms with E-state index in [0.717, 1.165) is 12.1 Å². The summed E-state index contributed by atoms with van der Waals surface area (Å²) in [5.74, 6) is -1.19. The Balaban J connectivity index is 2.35. The van der Waals surface area contributed by atoms with Crippen LogP contribution in [0.1, 0.15) is 5.69 Å². The lowest BCUT2D eigenvalue weighted by atomic mass is 10.0. The van der Waals surface area contributed by atoms with Crippen molar-refractivity contribution in [2.45, 2.75) is 12.8 Å². The van der Waals surface area contributed by atoms with Gasteiger partial charge >= 0.3 is 12.3 Å². The fourth-order valence-electron chi connectivity index (χ4n) is 1.97. The van der Waals surface area contributed by atoms with Gasteiger partial charge in [0, 0.05) is 11.6 Å². The highest BCUT2D eigenvalue weighted by Crippen LogP contribution is 2.29. The Kier molecular flexibility index (Phi) is 4.73. The van der Waals surface area contributed by atoms with Crippen molar-refractivity contribution < 1.29 is 32.5 Å². The number of carboxylic acid groups (broad SMARTS) is 1. The summed E-state index contributed by atoms with van der Waals surface area (Å²) in [5.41, 5.74) is 1.26. The van der Waals surface area contributed by atoms with Gasteiger partial charge in [0.15, 0.2) is 0 Å². The van der Waals surface area contributed by atoms with E-state index in [-0.39, 0.29) is 23.7 Å². The van der Waals surface area contributed by atoms with Crippen molar-refractivity contribution in [3.05, 3.63) is 42.1 Å². The summed E-state index contributed by atoms with van der Waals surface area (Å²) >= 11 is 0. The van der Waals surface area contributed by atoms with Crippen molar-refractivity contribution in [1.29, 1.82) is 0 Å². The van der Waals surface area contributed by atoms with Gasteiger partial charge in [-0.1, -0.05) is 12.1 Å². The topological polar surface area (TPSA) is 68.7 Å². The third-order valence-corrected chi connectivity index (χ3v) is 2.88. The van der Waals surface area contributed by atoms with Gasteiger partial charge in [-0.3, -0.25) is 4.79 Å². The van der Waals surface area contributed by atoms with Crippen LogP contribution in [0.15, 0.2) is 36.4 Å². The zero-order valence-electron chi connectivity index (χ0n) is 11.9. The van der Waals surface area contributed by atoms with E-state index in [4.69, 9.17) is 9.84 Å². The molecule has 0 radical (unpaired) electrons. The normalized spacial score (nSPS) is 11.1. The lowest BCUT2D eigenvalue weighted by Gasteiger charge is -2.11. The lowest BCUT2D eigenvalue weighted by Crippen LogP contribution is -2.16. The third-order valence-electron chi connectivity index (χ3n) is 2.88. The molecule has 1 N–H and O–H groups in total. The molecule has 5 nitrogen and oxygen atoms in total. The van der Waals surface area contributed by atoms with E-state index in [1.165, 1.54) is 19.2 Å². The van der Waals surface area contributed by atoms with E-state index in [1.807, 2.05) is 0 Å². The van der Waals surface area contributed by atoms with Crippen LogP contribution in [0.4, 0.5) is 13.2 Å². The molecule has 0 unspecified atom stereocenters. The van der Waals surface area contributed by atoms with Crippen LogP contribution in [-0.4, -0.2) is 29.5 Å². The van der Waals surface area contributed by atoms with Gasteiger partial charge in [0.25, 0.3) is 0 Å².